The molecule has 28 heavy (non-hydrogen) atoms. The number of pyridine rings is 1. The summed E-state index contributed by atoms with van der Waals surface area (Å²) in [4.78, 5) is 23.3. The van der Waals surface area contributed by atoms with Gasteiger partial charge in [-0.25, -0.2) is 4.79 Å². The molecule has 0 atom stereocenters. The van der Waals surface area contributed by atoms with Crippen LogP contribution in [0.4, 0.5) is 0 Å². The van der Waals surface area contributed by atoms with E-state index in [0.29, 0.717) is 17.2 Å². The highest BCUT2D eigenvalue weighted by atomic mass is 32.2. The van der Waals surface area contributed by atoms with Crippen LogP contribution in [0.1, 0.15) is 41.7 Å². The average molecular weight is 401 g/mol. The second kappa shape index (κ2) is 8.66. The molecule has 148 valence electrons. The molecule has 9 heteroatoms. The number of hydrogen-bond acceptors (Lipinski definition) is 8. The number of nitrogens with zero attached hydrogens (tertiary/aromatic N) is 3. The Morgan fingerprint density at radius 3 is 2.79 bits per heavy atom. The van der Waals surface area contributed by atoms with Gasteiger partial charge in [-0.15, -0.1) is 0 Å². The largest absolute Gasteiger partial charge is 0.478 e. The third kappa shape index (κ3) is 4.66. The summed E-state index contributed by atoms with van der Waals surface area (Å²) < 4.78 is 0. The molecule has 0 unspecified atom stereocenters. The van der Waals surface area contributed by atoms with Gasteiger partial charge in [0.15, 0.2) is 0 Å². The summed E-state index contributed by atoms with van der Waals surface area (Å²) in [6.45, 7) is 6.53. The summed E-state index contributed by atoms with van der Waals surface area (Å²) in [6, 6.07) is 3.20. The summed E-state index contributed by atoms with van der Waals surface area (Å²) in [7, 11) is 0. The predicted octanol–water partition coefficient (Wildman–Crippen LogP) is 3.00. The van der Waals surface area contributed by atoms with Crippen molar-refractivity contribution in [2.45, 2.75) is 31.3 Å². The minimum Gasteiger partial charge on any atom is -0.478 e. The fourth-order valence-electron chi connectivity index (χ4n) is 3.35. The molecule has 2 aliphatic rings. The molecule has 0 saturated carbocycles. The second-order valence-electron chi connectivity index (χ2n) is 6.99. The lowest BCUT2D eigenvalue weighted by Gasteiger charge is -2.37. The van der Waals surface area contributed by atoms with Gasteiger partial charge in [0.25, 0.3) is 0 Å². The number of piperidine rings is 1. The van der Waals surface area contributed by atoms with E-state index in [2.05, 4.69) is 21.6 Å². The van der Waals surface area contributed by atoms with Crippen LogP contribution in [0.15, 0.2) is 35.6 Å². The highest BCUT2D eigenvalue weighted by Crippen LogP contribution is 2.36. The zero-order chi connectivity index (χ0) is 20.1. The minimum atomic E-state index is -0.998. The molecule has 1 fully saturated rings. The molecule has 0 amide bonds. The SMILES string of the molecule is C=C(CCN1CCC2(CC1)CC(c1ccc(C(=O)O)cn1)=NO2)C(=N)SC=N. The highest BCUT2D eigenvalue weighted by Gasteiger charge is 2.42. The van der Waals surface area contributed by atoms with Crippen molar-refractivity contribution in [2.24, 2.45) is 5.16 Å². The standard InChI is InChI=1S/C19H23N5O3S/c1-13(17(21)28-12-20)4-7-24-8-5-19(6-9-24)10-16(23-27-19)15-3-2-14(11-22-15)18(25)26/h2-3,11-12,20-21H,1,4-10H2,(H,25,26). The van der Waals surface area contributed by atoms with Crippen LogP contribution >= 0.6 is 11.8 Å². The molecule has 1 aromatic rings. The summed E-state index contributed by atoms with van der Waals surface area (Å²) in [5.74, 6) is -0.998. The van der Waals surface area contributed by atoms with E-state index in [1.807, 2.05) is 0 Å². The predicted molar refractivity (Wildman–Crippen MR) is 110 cm³/mol. The Morgan fingerprint density at radius 2 is 2.18 bits per heavy atom. The maximum Gasteiger partial charge on any atom is 0.337 e. The fourth-order valence-corrected chi connectivity index (χ4v) is 3.74. The molecule has 0 aliphatic carbocycles. The van der Waals surface area contributed by atoms with Crippen LogP contribution in [0.3, 0.4) is 0 Å². The summed E-state index contributed by atoms with van der Waals surface area (Å²) in [6.07, 6.45) is 4.44. The van der Waals surface area contributed by atoms with Crippen LogP contribution < -0.4 is 0 Å². The third-order valence-corrected chi connectivity index (χ3v) is 5.78. The lowest BCUT2D eigenvalue weighted by Crippen LogP contribution is -2.45. The molecule has 2 aliphatic heterocycles. The Balaban J connectivity index is 1.49. The Morgan fingerprint density at radius 1 is 1.43 bits per heavy atom. The van der Waals surface area contributed by atoms with Crippen molar-refractivity contribution < 1.29 is 14.7 Å². The van der Waals surface area contributed by atoms with Gasteiger partial charge in [-0.3, -0.25) is 10.4 Å². The molecule has 0 bridgehead atoms. The van der Waals surface area contributed by atoms with Crippen molar-refractivity contribution in [3.8, 4) is 0 Å². The van der Waals surface area contributed by atoms with Crippen molar-refractivity contribution in [3.63, 3.8) is 0 Å². The number of aromatic carboxylic acids is 1. The van der Waals surface area contributed by atoms with Gasteiger partial charge in [0.2, 0.25) is 0 Å². The number of aromatic nitrogens is 1. The number of hydrogen-bond donors (Lipinski definition) is 3. The van der Waals surface area contributed by atoms with E-state index in [0.717, 1.165) is 67.5 Å². The van der Waals surface area contributed by atoms with Gasteiger partial charge in [0.05, 0.1) is 21.8 Å². The highest BCUT2D eigenvalue weighted by molar-refractivity contribution is 8.25. The molecule has 0 aromatic carbocycles. The lowest BCUT2D eigenvalue weighted by molar-refractivity contribution is -0.0611. The maximum absolute atomic E-state index is 10.9. The van der Waals surface area contributed by atoms with Gasteiger partial charge in [0.1, 0.15) is 11.3 Å². The van der Waals surface area contributed by atoms with E-state index in [9.17, 15) is 4.79 Å². The third-order valence-electron chi connectivity index (χ3n) is 5.14. The van der Waals surface area contributed by atoms with E-state index in [1.165, 1.54) is 12.3 Å². The van der Waals surface area contributed by atoms with Gasteiger partial charge >= 0.3 is 5.97 Å². The fraction of sp³-hybridized carbons (Fsp3) is 0.421. The molecule has 1 saturated heterocycles. The van der Waals surface area contributed by atoms with Crippen molar-refractivity contribution >= 4 is 34.0 Å². The monoisotopic (exact) mass is 401 g/mol. The molecular weight excluding hydrogens is 378 g/mol. The zero-order valence-electron chi connectivity index (χ0n) is 15.5. The van der Waals surface area contributed by atoms with Gasteiger partial charge in [-0.05, 0) is 24.1 Å². The number of likely N-dealkylation sites (tertiary alicyclic amines) is 1. The first kappa shape index (κ1) is 20.2. The maximum atomic E-state index is 10.9. The summed E-state index contributed by atoms with van der Waals surface area (Å²) in [5, 5.41) is 28.4. The quantitative estimate of drug-likeness (QED) is 0.477. The average Bonchev–Trinajstić information content (AvgIpc) is 3.11. The van der Waals surface area contributed by atoms with E-state index in [1.54, 1.807) is 6.07 Å². The minimum absolute atomic E-state index is 0.153. The van der Waals surface area contributed by atoms with Crippen molar-refractivity contribution in [3.05, 3.63) is 41.7 Å². The zero-order valence-corrected chi connectivity index (χ0v) is 16.3. The number of thioether (sulfide) groups is 1. The number of nitrogens with one attached hydrogen (secondary N) is 2. The molecule has 3 rings (SSSR count). The molecule has 3 N–H and O–H groups in total. The van der Waals surface area contributed by atoms with Crippen LogP contribution in [0.5, 0.6) is 0 Å². The summed E-state index contributed by atoms with van der Waals surface area (Å²) >= 11 is 1.08. The van der Waals surface area contributed by atoms with Crippen LogP contribution in [-0.2, 0) is 4.84 Å². The first-order chi connectivity index (χ1) is 13.4. The number of carboxylic acids is 1. The Hall–Kier alpha value is -2.52. The first-order valence-electron chi connectivity index (χ1n) is 9.02. The number of rotatable bonds is 7. The van der Waals surface area contributed by atoms with E-state index in [-0.39, 0.29) is 11.2 Å². The van der Waals surface area contributed by atoms with Gasteiger partial charge in [-0.2, -0.15) is 0 Å². The van der Waals surface area contributed by atoms with Crippen molar-refractivity contribution in [2.75, 3.05) is 19.6 Å². The van der Waals surface area contributed by atoms with Crippen LogP contribution in [-0.4, -0.2) is 62.5 Å². The first-order valence-corrected chi connectivity index (χ1v) is 9.90. The molecule has 1 aromatic heterocycles. The van der Waals surface area contributed by atoms with Crippen LogP contribution in [0.2, 0.25) is 0 Å². The summed E-state index contributed by atoms with van der Waals surface area (Å²) in [5.41, 5.74) is 3.17. The molecule has 3 heterocycles. The number of carbonyl (C=O) groups is 1. The smallest absolute Gasteiger partial charge is 0.337 e. The van der Waals surface area contributed by atoms with Crippen molar-refractivity contribution in [1.82, 2.24) is 9.88 Å². The second-order valence-corrected chi connectivity index (χ2v) is 7.87. The molecule has 1 spiro atoms. The van der Waals surface area contributed by atoms with E-state index < -0.39 is 5.97 Å². The van der Waals surface area contributed by atoms with E-state index in [4.69, 9.17) is 20.8 Å². The van der Waals surface area contributed by atoms with E-state index >= 15 is 0 Å². The Bertz CT molecular complexity index is 813. The molecule has 8 nitrogen and oxygen atoms in total. The topological polar surface area (TPSA) is 123 Å². The lowest BCUT2D eigenvalue weighted by atomic mass is 9.86. The normalized spacial score (nSPS) is 18.4. The van der Waals surface area contributed by atoms with Gasteiger partial charge < -0.3 is 20.3 Å². The number of oxime groups is 1. The molecular formula is C19H23N5O3S. The Kier molecular flexibility index (Phi) is 6.25. The van der Waals surface area contributed by atoms with Crippen LogP contribution in [0, 0.1) is 10.8 Å². The number of carboxylic acid groups (broad SMARTS) is 1. The van der Waals surface area contributed by atoms with Gasteiger partial charge in [-0.1, -0.05) is 23.5 Å². The Labute approximate surface area is 167 Å². The van der Waals surface area contributed by atoms with Gasteiger partial charge in [0, 0.05) is 45.1 Å². The van der Waals surface area contributed by atoms with Crippen LogP contribution in [0.25, 0.3) is 0 Å². The van der Waals surface area contributed by atoms with Crippen molar-refractivity contribution in [1.29, 1.82) is 10.8 Å². The molecule has 0 radical (unpaired) electrons.